The molecule has 0 radical (unpaired) electrons. The summed E-state index contributed by atoms with van der Waals surface area (Å²) >= 11 is 6.36. The van der Waals surface area contributed by atoms with Gasteiger partial charge in [-0.3, -0.25) is 4.99 Å². The molecule has 2 aliphatic rings. The molecule has 12 heteroatoms. The number of hydrogen-bond acceptors (Lipinski definition) is 10. The van der Waals surface area contributed by atoms with Crippen molar-refractivity contribution in [3.8, 4) is 5.75 Å². The molecule has 1 aromatic heterocycles. The molecule has 10 nitrogen and oxygen atoms in total. The topological polar surface area (TPSA) is 144 Å². The maximum atomic E-state index is 12.7. The van der Waals surface area contributed by atoms with Crippen LogP contribution >= 0.6 is 11.6 Å². The highest BCUT2D eigenvalue weighted by Gasteiger charge is 2.27. The minimum absolute atomic E-state index is 0.0766. The van der Waals surface area contributed by atoms with Gasteiger partial charge in [0.1, 0.15) is 10.8 Å². The third kappa shape index (κ3) is 6.57. The van der Waals surface area contributed by atoms with Crippen molar-refractivity contribution in [3.63, 3.8) is 0 Å². The molecule has 206 valence electrons. The molecule has 1 saturated heterocycles. The molecular formula is C26H36ClN7O3S. The van der Waals surface area contributed by atoms with Crippen molar-refractivity contribution in [2.24, 2.45) is 10.7 Å². The van der Waals surface area contributed by atoms with E-state index in [9.17, 15) is 8.42 Å². The number of nitrogens with two attached hydrogens (primary N) is 1. The summed E-state index contributed by atoms with van der Waals surface area (Å²) in [4.78, 5) is 12.8. The van der Waals surface area contributed by atoms with Crippen LogP contribution in [0.3, 0.4) is 0 Å². The van der Waals surface area contributed by atoms with Gasteiger partial charge in [-0.1, -0.05) is 11.6 Å². The van der Waals surface area contributed by atoms with Gasteiger partial charge in [-0.2, -0.15) is 4.98 Å². The lowest BCUT2D eigenvalue weighted by molar-refractivity contribution is 0.304. The summed E-state index contributed by atoms with van der Waals surface area (Å²) in [5.41, 5.74) is 9.34. The number of rotatable bonds is 10. The first-order valence-electron chi connectivity index (χ1n) is 12.8. The predicted octanol–water partition coefficient (Wildman–Crippen LogP) is 4.25. The number of aryl methyl sites for hydroxylation is 1. The summed E-state index contributed by atoms with van der Waals surface area (Å²) in [5.74, 6) is 1.72. The van der Waals surface area contributed by atoms with Crippen LogP contribution in [0, 0.1) is 6.92 Å². The van der Waals surface area contributed by atoms with Crippen molar-refractivity contribution in [1.29, 1.82) is 0 Å². The van der Waals surface area contributed by atoms with Gasteiger partial charge in [-0.15, -0.1) is 0 Å². The molecule has 38 heavy (non-hydrogen) atoms. The van der Waals surface area contributed by atoms with Crippen LogP contribution in [-0.4, -0.2) is 56.1 Å². The average Bonchev–Trinajstić information content (AvgIpc) is 3.71. The molecule has 2 heterocycles. The molecule has 5 N–H and O–H groups in total. The van der Waals surface area contributed by atoms with E-state index in [4.69, 9.17) is 22.1 Å². The van der Waals surface area contributed by atoms with E-state index in [2.05, 4.69) is 50.0 Å². The standard InChI is InChI=1S/C26H36ClN7O3S/c1-15(2)38(35,36)24(28)22(14-29-4)32-25-20(27)13-31-26(34-25)33-21-11-16(3)19(17-7-9-30-10-8-17)12-23(21)37-18-5-6-18/h11-15,17-18,30H,5-10,28H2,1-4H3,(H2,31,32,33,34). The van der Waals surface area contributed by atoms with Gasteiger partial charge in [0.25, 0.3) is 0 Å². The number of ether oxygens (including phenoxy) is 1. The number of hydrogen-bond donors (Lipinski definition) is 4. The first-order valence-corrected chi connectivity index (χ1v) is 14.8. The van der Waals surface area contributed by atoms with E-state index in [1.807, 2.05) is 0 Å². The second kappa shape index (κ2) is 11.9. The Hall–Kier alpha value is -2.89. The Morgan fingerprint density at radius 2 is 1.97 bits per heavy atom. The molecule has 0 unspecified atom stereocenters. The molecule has 2 aromatic rings. The zero-order valence-corrected chi connectivity index (χ0v) is 23.8. The number of aromatic nitrogens is 2. The SMILES string of the molecule is CN=CC(Nc1nc(Nc2cc(C)c(C3CCNCC3)cc2OC2CC2)ncc1Cl)=C(N)S(=O)(=O)C(C)C. The maximum absolute atomic E-state index is 12.7. The molecule has 0 atom stereocenters. The van der Waals surface area contributed by atoms with Gasteiger partial charge in [0.15, 0.2) is 20.7 Å². The number of halogens is 1. The number of piperidine rings is 1. The number of anilines is 3. The third-order valence-electron chi connectivity index (χ3n) is 6.66. The Balaban J connectivity index is 1.65. The Bertz CT molecular complexity index is 1330. The van der Waals surface area contributed by atoms with Crippen LogP contribution in [0.2, 0.25) is 5.02 Å². The largest absolute Gasteiger partial charge is 0.488 e. The summed E-state index contributed by atoms with van der Waals surface area (Å²) < 4.78 is 31.6. The lowest BCUT2D eigenvalue weighted by atomic mass is 9.87. The van der Waals surface area contributed by atoms with Gasteiger partial charge in [-0.05, 0) is 88.7 Å². The van der Waals surface area contributed by atoms with Crippen molar-refractivity contribution in [3.05, 3.63) is 45.2 Å². The maximum Gasteiger partial charge on any atom is 0.229 e. The fourth-order valence-corrected chi connectivity index (χ4v) is 5.35. The molecule has 1 aromatic carbocycles. The molecule has 0 spiro atoms. The van der Waals surface area contributed by atoms with Crippen LogP contribution in [-0.2, 0) is 9.84 Å². The highest BCUT2D eigenvalue weighted by atomic mass is 35.5. The second-order valence-electron chi connectivity index (χ2n) is 9.95. The highest BCUT2D eigenvalue weighted by Crippen LogP contribution is 2.39. The number of nitrogens with one attached hydrogen (secondary N) is 3. The Labute approximate surface area is 229 Å². The number of allylic oxidation sites excluding steroid dienone is 1. The van der Waals surface area contributed by atoms with Crippen LogP contribution < -0.4 is 26.4 Å². The van der Waals surface area contributed by atoms with Gasteiger partial charge in [0.2, 0.25) is 5.95 Å². The monoisotopic (exact) mass is 561 g/mol. The van der Waals surface area contributed by atoms with E-state index >= 15 is 0 Å². The van der Waals surface area contributed by atoms with Crippen LogP contribution in [0.25, 0.3) is 0 Å². The van der Waals surface area contributed by atoms with Crippen LogP contribution in [0.5, 0.6) is 5.75 Å². The highest BCUT2D eigenvalue weighted by molar-refractivity contribution is 7.95. The Morgan fingerprint density at radius 3 is 2.61 bits per heavy atom. The van der Waals surface area contributed by atoms with E-state index in [1.54, 1.807) is 13.8 Å². The zero-order chi connectivity index (χ0) is 27.4. The first kappa shape index (κ1) is 28.1. The summed E-state index contributed by atoms with van der Waals surface area (Å²) in [7, 11) is -2.22. The molecule has 0 bridgehead atoms. The predicted molar refractivity (Wildman–Crippen MR) is 153 cm³/mol. The van der Waals surface area contributed by atoms with Crippen LogP contribution in [0.4, 0.5) is 17.5 Å². The Morgan fingerprint density at radius 1 is 1.26 bits per heavy atom. The molecule has 0 amide bonds. The summed E-state index contributed by atoms with van der Waals surface area (Å²) in [6.07, 6.45) is 7.24. The minimum Gasteiger partial charge on any atom is -0.488 e. The van der Waals surface area contributed by atoms with Crippen molar-refractivity contribution >= 4 is 45.1 Å². The van der Waals surface area contributed by atoms with E-state index in [-0.39, 0.29) is 33.6 Å². The van der Waals surface area contributed by atoms with E-state index in [0.29, 0.717) is 5.92 Å². The van der Waals surface area contributed by atoms with Crippen LogP contribution in [0.1, 0.15) is 56.6 Å². The molecular weight excluding hydrogens is 526 g/mol. The number of benzene rings is 1. The quantitative estimate of drug-likeness (QED) is 0.313. The van der Waals surface area contributed by atoms with E-state index in [1.165, 1.54) is 30.6 Å². The summed E-state index contributed by atoms with van der Waals surface area (Å²) in [6, 6.07) is 4.22. The fourth-order valence-electron chi connectivity index (χ4n) is 4.29. The van der Waals surface area contributed by atoms with Gasteiger partial charge >= 0.3 is 0 Å². The summed E-state index contributed by atoms with van der Waals surface area (Å²) in [6.45, 7) is 7.25. The van der Waals surface area contributed by atoms with Crippen molar-refractivity contribution < 1.29 is 13.2 Å². The smallest absolute Gasteiger partial charge is 0.229 e. The van der Waals surface area contributed by atoms with Gasteiger partial charge in [0.05, 0.1) is 28.9 Å². The fraction of sp³-hybridized carbons (Fsp3) is 0.500. The molecule has 1 aliphatic carbocycles. The number of nitrogens with zero attached hydrogens (tertiary/aromatic N) is 3. The first-order chi connectivity index (χ1) is 18.1. The number of aliphatic imine (C=N–C) groups is 1. The lowest BCUT2D eigenvalue weighted by Crippen LogP contribution is -2.27. The van der Waals surface area contributed by atoms with Crippen LogP contribution in [0.15, 0.2) is 34.0 Å². The van der Waals surface area contributed by atoms with Gasteiger partial charge in [0, 0.05) is 13.3 Å². The molecule has 1 aliphatic heterocycles. The Kier molecular flexibility index (Phi) is 8.79. The summed E-state index contributed by atoms with van der Waals surface area (Å²) in [5, 5.41) is 8.77. The van der Waals surface area contributed by atoms with Crippen molar-refractivity contribution in [2.75, 3.05) is 30.8 Å². The molecule has 4 rings (SSSR count). The van der Waals surface area contributed by atoms with Gasteiger partial charge < -0.3 is 26.4 Å². The van der Waals surface area contributed by atoms with Crippen molar-refractivity contribution in [2.45, 2.75) is 63.7 Å². The lowest BCUT2D eigenvalue weighted by Gasteiger charge is -2.26. The number of sulfone groups is 1. The van der Waals surface area contributed by atoms with Crippen molar-refractivity contribution in [1.82, 2.24) is 15.3 Å². The molecule has 1 saturated carbocycles. The second-order valence-corrected chi connectivity index (χ2v) is 12.8. The zero-order valence-electron chi connectivity index (χ0n) is 22.2. The molecule has 2 fully saturated rings. The van der Waals surface area contributed by atoms with E-state index in [0.717, 1.165) is 50.2 Å². The normalized spacial score (nSPS) is 17.5. The van der Waals surface area contributed by atoms with E-state index < -0.39 is 15.1 Å². The third-order valence-corrected chi connectivity index (χ3v) is 9.01. The average molecular weight is 562 g/mol. The van der Waals surface area contributed by atoms with Gasteiger partial charge in [-0.25, -0.2) is 13.4 Å². The minimum atomic E-state index is -3.74.